The van der Waals surface area contributed by atoms with E-state index in [2.05, 4.69) is 40.7 Å². The van der Waals surface area contributed by atoms with Crippen molar-refractivity contribution < 1.29 is 5.11 Å². The van der Waals surface area contributed by atoms with Gasteiger partial charge in [-0.05, 0) is 116 Å². The van der Waals surface area contributed by atoms with E-state index in [1.807, 2.05) is 0 Å². The molecule has 0 saturated heterocycles. The van der Waals surface area contributed by atoms with E-state index < -0.39 is 0 Å². The molecule has 4 saturated carbocycles. The van der Waals surface area contributed by atoms with E-state index >= 15 is 0 Å². The Kier molecular flexibility index (Phi) is 5.05. The topological polar surface area (TPSA) is 20.2 Å². The third-order valence-electron chi connectivity index (χ3n) is 11.5. The summed E-state index contributed by atoms with van der Waals surface area (Å²) in [7, 11) is 0. The fourth-order valence-electron chi connectivity index (χ4n) is 10.0. The zero-order chi connectivity index (χ0) is 20.6. The Hall–Kier alpha value is -0.300. The van der Waals surface area contributed by atoms with E-state index in [1.165, 1.54) is 51.4 Å². The van der Waals surface area contributed by atoms with Gasteiger partial charge in [-0.1, -0.05) is 52.7 Å². The second kappa shape index (κ2) is 7.11. The third-order valence-corrected chi connectivity index (χ3v) is 11.5. The zero-order valence-electron chi connectivity index (χ0n) is 19.8. The second-order valence-corrected chi connectivity index (χ2v) is 13.0. The van der Waals surface area contributed by atoms with E-state index in [1.54, 1.807) is 5.57 Å². The van der Waals surface area contributed by atoms with Crippen LogP contribution in [0.3, 0.4) is 0 Å². The van der Waals surface area contributed by atoms with Crippen molar-refractivity contribution in [3.63, 3.8) is 0 Å². The highest BCUT2D eigenvalue weighted by Gasteiger charge is 2.62. The monoisotopic (exact) mass is 398 g/mol. The largest absolute Gasteiger partial charge is 0.393 e. The number of hydrogen-bond donors (Lipinski definition) is 1. The summed E-state index contributed by atoms with van der Waals surface area (Å²) in [6, 6.07) is 0. The highest BCUT2D eigenvalue weighted by atomic mass is 16.3. The molecule has 0 aliphatic heterocycles. The number of aliphatic hydroxyl groups is 1. The zero-order valence-corrected chi connectivity index (χ0v) is 19.8. The molecule has 5 rings (SSSR count). The Bertz CT molecular complexity index is 663. The second-order valence-electron chi connectivity index (χ2n) is 13.0. The average Bonchev–Trinajstić information content (AvgIpc) is 3.02. The van der Waals surface area contributed by atoms with Gasteiger partial charge in [-0.3, -0.25) is 0 Å². The molecule has 1 N–H and O–H groups in total. The van der Waals surface area contributed by atoms with Crippen molar-refractivity contribution in [2.75, 3.05) is 0 Å². The van der Waals surface area contributed by atoms with Gasteiger partial charge in [0.25, 0.3) is 0 Å². The smallest absolute Gasteiger partial charge is 0.0577 e. The summed E-state index contributed by atoms with van der Waals surface area (Å²) in [6.45, 7) is 12.9. The Morgan fingerprint density at radius 1 is 1.03 bits per heavy atom. The molecule has 29 heavy (non-hydrogen) atoms. The highest BCUT2D eigenvalue weighted by Crippen LogP contribution is 2.70. The van der Waals surface area contributed by atoms with E-state index in [0.717, 1.165) is 60.2 Å². The van der Waals surface area contributed by atoms with Gasteiger partial charge in [0.15, 0.2) is 0 Å². The van der Waals surface area contributed by atoms with Gasteiger partial charge >= 0.3 is 0 Å². The van der Waals surface area contributed by atoms with Crippen LogP contribution >= 0.6 is 0 Å². The van der Waals surface area contributed by atoms with Gasteiger partial charge in [-0.15, -0.1) is 0 Å². The van der Waals surface area contributed by atoms with Gasteiger partial charge in [-0.25, -0.2) is 0 Å². The molecule has 0 spiro atoms. The van der Waals surface area contributed by atoms with Gasteiger partial charge in [0, 0.05) is 0 Å². The fourth-order valence-corrected chi connectivity index (χ4v) is 10.0. The molecule has 5 aliphatic rings. The maximum absolute atomic E-state index is 10.4. The molecule has 1 nitrogen and oxygen atoms in total. The van der Waals surface area contributed by atoms with E-state index in [9.17, 15) is 5.11 Å². The van der Waals surface area contributed by atoms with Crippen LogP contribution in [0.15, 0.2) is 11.6 Å². The summed E-state index contributed by atoms with van der Waals surface area (Å²) in [4.78, 5) is 0. The first kappa shape index (κ1) is 20.6. The molecule has 0 aromatic rings. The van der Waals surface area contributed by atoms with Gasteiger partial charge in [-0.2, -0.15) is 0 Å². The van der Waals surface area contributed by atoms with E-state index in [-0.39, 0.29) is 6.10 Å². The van der Waals surface area contributed by atoms with Crippen molar-refractivity contribution in [1.82, 2.24) is 0 Å². The van der Waals surface area contributed by atoms with Crippen LogP contribution in [0.1, 0.15) is 98.8 Å². The van der Waals surface area contributed by atoms with Crippen LogP contribution in [0.2, 0.25) is 0 Å². The molecule has 0 aromatic carbocycles. The number of allylic oxidation sites excluding steroid dienone is 1. The molecular weight excluding hydrogens is 352 g/mol. The lowest BCUT2D eigenvalue weighted by Crippen LogP contribution is -2.54. The lowest BCUT2D eigenvalue weighted by Gasteiger charge is -2.61. The quantitative estimate of drug-likeness (QED) is 0.461. The van der Waals surface area contributed by atoms with Gasteiger partial charge in [0.05, 0.1) is 6.10 Å². The number of hydrogen-bond acceptors (Lipinski definition) is 1. The summed E-state index contributed by atoms with van der Waals surface area (Å²) in [5.41, 5.74) is 2.60. The molecule has 4 fully saturated rings. The van der Waals surface area contributed by atoms with Crippen LogP contribution in [0, 0.1) is 58.2 Å². The third kappa shape index (κ3) is 3.03. The van der Waals surface area contributed by atoms with Crippen molar-refractivity contribution in [2.24, 2.45) is 58.2 Å². The van der Waals surface area contributed by atoms with Gasteiger partial charge in [0.1, 0.15) is 0 Å². The Balaban J connectivity index is 1.58. The van der Waals surface area contributed by atoms with Crippen molar-refractivity contribution >= 4 is 0 Å². The molecule has 2 bridgehead atoms. The van der Waals surface area contributed by atoms with Gasteiger partial charge < -0.3 is 5.11 Å². The van der Waals surface area contributed by atoms with Crippen molar-refractivity contribution in [3.05, 3.63) is 11.6 Å². The molecule has 0 radical (unpaired) electrons. The summed E-state index contributed by atoms with van der Waals surface area (Å²) in [5.74, 6) is 7.26. The van der Waals surface area contributed by atoms with Crippen molar-refractivity contribution in [2.45, 2.75) is 105 Å². The first-order valence-corrected chi connectivity index (χ1v) is 13.1. The van der Waals surface area contributed by atoms with Crippen LogP contribution in [-0.2, 0) is 0 Å². The first-order valence-electron chi connectivity index (χ1n) is 13.1. The lowest BCUT2D eigenvalue weighted by atomic mass is 9.43. The molecule has 1 heteroatoms. The standard InChI is InChI=1S/C28H46O/c1-17(2)19-7-6-18(3)24-10-11-25-23-9-8-21-15-22(29)12-13-27(21,4)26(23)20(14-19)16-28(24,25)5/h8,17-20,22-26,29H,6-7,9-16H2,1-5H3/t18-,19?,20?,22+,23+,24-,25+,26+,27+,28-/m1/s1. The summed E-state index contributed by atoms with van der Waals surface area (Å²) in [5, 5.41) is 10.4. The predicted octanol–water partition coefficient (Wildman–Crippen LogP) is 7.24. The molecule has 164 valence electrons. The molecule has 2 unspecified atom stereocenters. The maximum atomic E-state index is 10.4. The summed E-state index contributed by atoms with van der Waals surface area (Å²) < 4.78 is 0. The molecule has 0 amide bonds. The Morgan fingerprint density at radius 3 is 2.55 bits per heavy atom. The Morgan fingerprint density at radius 2 is 1.79 bits per heavy atom. The van der Waals surface area contributed by atoms with E-state index in [4.69, 9.17) is 0 Å². The van der Waals surface area contributed by atoms with Crippen LogP contribution in [-0.4, -0.2) is 11.2 Å². The predicted molar refractivity (Wildman–Crippen MR) is 121 cm³/mol. The molecule has 0 aromatic heterocycles. The molecule has 5 aliphatic carbocycles. The summed E-state index contributed by atoms with van der Waals surface area (Å²) >= 11 is 0. The average molecular weight is 399 g/mol. The Labute approximate surface area is 180 Å². The fraction of sp³-hybridized carbons (Fsp3) is 0.929. The maximum Gasteiger partial charge on any atom is 0.0577 e. The minimum absolute atomic E-state index is 0.0830. The highest BCUT2D eigenvalue weighted by molar-refractivity contribution is 5.26. The lowest BCUT2D eigenvalue weighted by molar-refractivity contribution is -0.0970. The van der Waals surface area contributed by atoms with Crippen LogP contribution in [0.25, 0.3) is 0 Å². The molecular formula is C28H46O. The van der Waals surface area contributed by atoms with Crippen LogP contribution in [0.5, 0.6) is 0 Å². The van der Waals surface area contributed by atoms with Gasteiger partial charge in [0.2, 0.25) is 0 Å². The van der Waals surface area contributed by atoms with Crippen molar-refractivity contribution in [3.8, 4) is 0 Å². The number of rotatable bonds is 1. The SMILES string of the molecule is CC(C)C1CC[C@@H](C)[C@H]2CC[C@H]3[C@@H]4CC=C5C[C@@H](O)CC[C@]5(C)[C@H]4C(C1)C[C@]23C. The van der Waals surface area contributed by atoms with Crippen molar-refractivity contribution in [1.29, 1.82) is 0 Å². The minimum atomic E-state index is -0.0830. The summed E-state index contributed by atoms with van der Waals surface area (Å²) in [6.07, 6.45) is 16.0. The van der Waals surface area contributed by atoms with Crippen LogP contribution < -0.4 is 0 Å². The molecule has 10 atom stereocenters. The molecule has 0 heterocycles. The number of aliphatic hydroxyl groups excluding tert-OH is 1. The first-order chi connectivity index (χ1) is 13.7. The minimum Gasteiger partial charge on any atom is -0.393 e. The number of fused-ring (bicyclic) bond motifs is 6. The van der Waals surface area contributed by atoms with Crippen LogP contribution in [0.4, 0.5) is 0 Å². The van der Waals surface area contributed by atoms with E-state index in [0.29, 0.717) is 10.8 Å². The normalized spacial score (nSPS) is 54.7.